The first-order valence-electron chi connectivity index (χ1n) is 5.27. The van der Waals surface area contributed by atoms with Gasteiger partial charge in [-0.25, -0.2) is 0 Å². The molecule has 0 aliphatic carbocycles. The number of hydrogen-bond acceptors (Lipinski definition) is 4. The lowest BCUT2D eigenvalue weighted by atomic mass is 10.3. The fourth-order valence-electron chi connectivity index (χ4n) is 1.36. The first-order chi connectivity index (χ1) is 8.28. The molecule has 1 aromatic heterocycles. The monoisotopic (exact) mass is 230 g/mol. The molecule has 0 amide bonds. The maximum atomic E-state index is 5.35. The zero-order valence-electron chi connectivity index (χ0n) is 9.81. The topological polar surface area (TPSA) is 46.8 Å². The minimum atomic E-state index is 0.725. The van der Waals surface area contributed by atoms with Gasteiger partial charge in [0.25, 0.3) is 0 Å². The predicted molar refractivity (Wildman–Crippen MR) is 67.7 cm³/mol. The molecule has 0 aliphatic rings. The summed E-state index contributed by atoms with van der Waals surface area (Å²) in [6.45, 7) is 1.90. The highest BCUT2D eigenvalue weighted by molar-refractivity contribution is 5.76. The molecule has 0 saturated carbocycles. The number of methoxy groups -OCH3 is 1. The summed E-state index contributed by atoms with van der Waals surface area (Å²) in [6.07, 6.45) is 1.64. The zero-order chi connectivity index (χ0) is 12.1. The van der Waals surface area contributed by atoms with Crippen LogP contribution in [0, 0.1) is 6.92 Å². The number of ether oxygens (including phenoxy) is 1. The molecule has 0 saturated heterocycles. The summed E-state index contributed by atoms with van der Waals surface area (Å²) in [4.78, 5) is 0. The van der Waals surface area contributed by atoms with Crippen molar-refractivity contribution in [2.45, 2.75) is 6.92 Å². The van der Waals surface area contributed by atoms with E-state index in [2.05, 4.69) is 10.5 Å². The van der Waals surface area contributed by atoms with Crippen molar-refractivity contribution in [3.63, 3.8) is 0 Å². The SMILES string of the molecule is COc1ccc(N/N=C/c2ccc(C)o2)cc1. The van der Waals surface area contributed by atoms with Gasteiger partial charge in [0, 0.05) is 0 Å². The lowest BCUT2D eigenvalue weighted by Crippen LogP contribution is -1.90. The predicted octanol–water partition coefficient (Wildman–Crippen LogP) is 3.04. The summed E-state index contributed by atoms with van der Waals surface area (Å²) in [5.41, 5.74) is 3.80. The average Bonchev–Trinajstić information content (AvgIpc) is 2.76. The number of hydrazone groups is 1. The van der Waals surface area contributed by atoms with E-state index in [4.69, 9.17) is 9.15 Å². The Bertz CT molecular complexity index is 500. The highest BCUT2D eigenvalue weighted by atomic mass is 16.5. The van der Waals surface area contributed by atoms with Gasteiger partial charge in [-0.05, 0) is 43.3 Å². The van der Waals surface area contributed by atoms with Gasteiger partial charge in [0.05, 0.1) is 19.0 Å². The van der Waals surface area contributed by atoms with Crippen molar-refractivity contribution in [2.75, 3.05) is 12.5 Å². The van der Waals surface area contributed by atoms with E-state index in [1.165, 1.54) is 0 Å². The van der Waals surface area contributed by atoms with Crippen LogP contribution in [0.5, 0.6) is 5.75 Å². The Morgan fingerprint density at radius 2 is 1.94 bits per heavy atom. The van der Waals surface area contributed by atoms with Gasteiger partial charge in [-0.2, -0.15) is 5.10 Å². The summed E-state index contributed by atoms with van der Waals surface area (Å²) in [5.74, 6) is 2.42. The third kappa shape index (κ3) is 3.11. The second-order valence-electron chi connectivity index (χ2n) is 3.55. The first-order valence-corrected chi connectivity index (χ1v) is 5.27. The van der Waals surface area contributed by atoms with E-state index in [-0.39, 0.29) is 0 Å². The number of nitrogens with one attached hydrogen (secondary N) is 1. The van der Waals surface area contributed by atoms with Crippen LogP contribution < -0.4 is 10.2 Å². The van der Waals surface area contributed by atoms with E-state index in [0.717, 1.165) is 23.0 Å². The standard InChI is InChI=1S/C13H14N2O2/c1-10-3-6-13(17-10)9-14-15-11-4-7-12(16-2)8-5-11/h3-9,15H,1-2H3/b14-9+. The van der Waals surface area contributed by atoms with E-state index >= 15 is 0 Å². The van der Waals surface area contributed by atoms with Crippen molar-refractivity contribution in [1.82, 2.24) is 0 Å². The van der Waals surface area contributed by atoms with Crippen molar-refractivity contribution in [3.05, 3.63) is 47.9 Å². The van der Waals surface area contributed by atoms with E-state index in [1.54, 1.807) is 13.3 Å². The van der Waals surface area contributed by atoms with Gasteiger partial charge >= 0.3 is 0 Å². The normalized spacial score (nSPS) is 10.7. The molecule has 0 aliphatic heterocycles. The van der Waals surface area contributed by atoms with Gasteiger partial charge in [0.2, 0.25) is 0 Å². The Morgan fingerprint density at radius 1 is 1.18 bits per heavy atom. The highest BCUT2D eigenvalue weighted by Gasteiger charge is 1.94. The van der Waals surface area contributed by atoms with Crippen LogP contribution in [0.25, 0.3) is 0 Å². The Balaban J connectivity index is 1.95. The van der Waals surface area contributed by atoms with Crippen molar-refractivity contribution in [2.24, 2.45) is 5.10 Å². The molecule has 2 aromatic rings. The minimum absolute atomic E-state index is 0.725. The van der Waals surface area contributed by atoms with Crippen LogP contribution in [0.2, 0.25) is 0 Å². The molecule has 4 heteroatoms. The smallest absolute Gasteiger partial charge is 0.147 e. The average molecular weight is 230 g/mol. The molecule has 0 atom stereocenters. The third-order valence-corrected chi connectivity index (χ3v) is 2.24. The maximum Gasteiger partial charge on any atom is 0.147 e. The molecule has 2 rings (SSSR count). The quantitative estimate of drug-likeness (QED) is 0.648. The summed E-state index contributed by atoms with van der Waals surface area (Å²) in [5, 5.41) is 4.07. The van der Waals surface area contributed by atoms with Crippen molar-refractivity contribution in [3.8, 4) is 5.75 Å². The number of benzene rings is 1. The second-order valence-corrected chi connectivity index (χ2v) is 3.55. The highest BCUT2D eigenvalue weighted by Crippen LogP contribution is 2.14. The zero-order valence-corrected chi connectivity index (χ0v) is 9.81. The van der Waals surface area contributed by atoms with Crippen LogP contribution in [0.15, 0.2) is 45.9 Å². The van der Waals surface area contributed by atoms with Crippen LogP contribution in [-0.4, -0.2) is 13.3 Å². The van der Waals surface area contributed by atoms with Crippen LogP contribution in [0.1, 0.15) is 11.5 Å². The number of hydrogen-bond donors (Lipinski definition) is 1. The van der Waals surface area contributed by atoms with E-state index < -0.39 is 0 Å². The van der Waals surface area contributed by atoms with Gasteiger partial charge in [-0.1, -0.05) is 0 Å². The first kappa shape index (κ1) is 11.3. The Morgan fingerprint density at radius 3 is 2.53 bits per heavy atom. The molecule has 0 bridgehead atoms. The van der Waals surface area contributed by atoms with E-state index in [9.17, 15) is 0 Å². The van der Waals surface area contributed by atoms with Crippen LogP contribution >= 0.6 is 0 Å². The minimum Gasteiger partial charge on any atom is -0.497 e. The van der Waals surface area contributed by atoms with Crippen LogP contribution in [-0.2, 0) is 0 Å². The lowest BCUT2D eigenvalue weighted by Gasteiger charge is -2.01. The summed E-state index contributed by atoms with van der Waals surface area (Å²) in [6, 6.07) is 11.3. The molecule has 0 radical (unpaired) electrons. The lowest BCUT2D eigenvalue weighted by molar-refractivity contribution is 0.415. The molecular weight excluding hydrogens is 216 g/mol. The largest absolute Gasteiger partial charge is 0.497 e. The number of nitrogens with zero attached hydrogens (tertiary/aromatic N) is 1. The van der Waals surface area contributed by atoms with Crippen molar-refractivity contribution < 1.29 is 9.15 Å². The molecular formula is C13H14N2O2. The van der Waals surface area contributed by atoms with Crippen LogP contribution in [0.4, 0.5) is 5.69 Å². The molecule has 88 valence electrons. The molecule has 0 fully saturated rings. The fourth-order valence-corrected chi connectivity index (χ4v) is 1.36. The Hall–Kier alpha value is -2.23. The van der Waals surface area contributed by atoms with Crippen LogP contribution in [0.3, 0.4) is 0 Å². The van der Waals surface area contributed by atoms with Gasteiger partial charge in [0.1, 0.15) is 17.3 Å². The number of rotatable bonds is 4. The molecule has 1 heterocycles. The fraction of sp³-hybridized carbons (Fsp3) is 0.154. The number of aryl methyl sites for hydroxylation is 1. The second kappa shape index (κ2) is 5.21. The Labute approximate surface area is 99.9 Å². The number of anilines is 1. The van der Waals surface area contributed by atoms with Gasteiger partial charge in [-0.3, -0.25) is 5.43 Å². The maximum absolute atomic E-state index is 5.35. The molecule has 0 unspecified atom stereocenters. The van der Waals surface area contributed by atoms with Crippen molar-refractivity contribution in [1.29, 1.82) is 0 Å². The van der Waals surface area contributed by atoms with Gasteiger partial charge in [0.15, 0.2) is 0 Å². The van der Waals surface area contributed by atoms with Gasteiger partial charge < -0.3 is 9.15 Å². The van der Waals surface area contributed by atoms with E-state index in [1.807, 2.05) is 43.3 Å². The van der Waals surface area contributed by atoms with Gasteiger partial charge in [-0.15, -0.1) is 0 Å². The summed E-state index contributed by atoms with van der Waals surface area (Å²) in [7, 11) is 1.64. The molecule has 0 spiro atoms. The Kier molecular flexibility index (Phi) is 3.45. The molecule has 4 nitrogen and oxygen atoms in total. The van der Waals surface area contributed by atoms with Crippen molar-refractivity contribution >= 4 is 11.9 Å². The summed E-state index contributed by atoms with van der Waals surface area (Å²) >= 11 is 0. The molecule has 1 aromatic carbocycles. The summed E-state index contributed by atoms with van der Waals surface area (Å²) < 4.78 is 10.4. The van der Waals surface area contributed by atoms with E-state index in [0.29, 0.717) is 0 Å². The molecule has 17 heavy (non-hydrogen) atoms. The molecule has 1 N–H and O–H groups in total. The number of furan rings is 1. The third-order valence-electron chi connectivity index (χ3n) is 2.24.